The molecular weight excluding hydrogens is 424 g/mol. The Morgan fingerprint density at radius 1 is 1.11 bits per heavy atom. The number of halogens is 5. The van der Waals surface area contributed by atoms with Crippen LogP contribution < -0.4 is 0 Å². The summed E-state index contributed by atoms with van der Waals surface area (Å²) in [4.78, 5) is 3.40. The van der Waals surface area contributed by atoms with Crippen LogP contribution in [0.3, 0.4) is 0 Å². The van der Waals surface area contributed by atoms with Crippen molar-refractivity contribution in [2.24, 2.45) is 0 Å². The minimum Gasteiger partial charge on any atom is -0.232 e. The molecule has 0 saturated heterocycles. The molecule has 0 aliphatic rings. The minimum absolute atomic E-state index is 0.0739. The van der Waals surface area contributed by atoms with Gasteiger partial charge in [0.25, 0.3) is 10.0 Å². The highest BCUT2D eigenvalue weighted by Gasteiger charge is 2.38. The molecule has 2 aromatic carbocycles. The van der Waals surface area contributed by atoms with Crippen LogP contribution in [-0.2, 0) is 22.6 Å². The predicted molar refractivity (Wildman–Crippen MR) is 97.8 cm³/mol. The van der Waals surface area contributed by atoms with Gasteiger partial charge in [-0.1, -0.05) is 42.3 Å². The number of nitrogens with zero attached hydrogens (tertiary/aromatic N) is 2. The Morgan fingerprint density at radius 3 is 2.37 bits per heavy atom. The van der Waals surface area contributed by atoms with Crippen LogP contribution >= 0.6 is 23.2 Å². The highest BCUT2D eigenvalue weighted by atomic mass is 35.5. The van der Waals surface area contributed by atoms with Crippen molar-refractivity contribution in [2.45, 2.75) is 30.8 Å². The maximum Gasteiger partial charge on any atom is 0.417 e. The monoisotopic (exact) mass is 436 g/mol. The third kappa shape index (κ3) is 3.53. The minimum atomic E-state index is -4.83. The van der Waals surface area contributed by atoms with Gasteiger partial charge in [-0.15, -0.1) is 0 Å². The van der Waals surface area contributed by atoms with E-state index in [1.807, 2.05) is 0 Å². The molecule has 0 aliphatic heterocycles. The van der Waals surface area contributed by atoms with E-state index in [1.165, 1.54) is 18.2 Å². The van der Waals surface area contributed by atoms with Crippen molar-refractivity contribution in [3.8, 4) is 0 Å². The quantitative estimate of drug-likeness (QED) is 0.538. The van der Waals surface area contributed by atoms with Crippen LogP contribution in [0.25, 0.3) is 11.0 Å². The average Bonchev–Trinajstić information content (AvgIpc) is 2.92. The molecule has 3 rings (SSSR count). The van der Waals surface area contributed by atoms with Crippen molar-refractivity contribution < 1.29 is 21.6 Å². The summed E-state index contributed by atoms with van der Waals surface area (Å²) in [5, 5.41) is 0.248. The molecule has 0 bridgehead atoms. The first-order valence-electron chi connectivity index (χ1n) is 7.85. The molecule has 27 heavy (non-hydrogen) atoms. The van der Waals surface area contributed by atoms with Gasteiger partial charge in [-0.2, -0.15) is 13.2 Å². The molecule has 0 saturated carbocycles. The third-order valence-electron chi connectivity index (χ3n) is 3.90. The predicted octanol–water partition coefficient (Wildman–Crippen LogP) is 5.55. The molecule has 0 unspecified atom stereocenters. The molecule has 10 heteroatoms. The van der Waals surface area contributed by atoms with Crippen LogP contribution in [0.1, 0.15) is 24.7 Å². The van der Waals surface area contributed by atoms with Crippen LogP contribution in [-0.4, -0.2) is 17.4 Å². The van der Waals surface area contributed by atoms with Crippen LogP contribution in [0.15, 0.2) is 41.3 Å². The fourth-order valence-electron chi connectivity index (χ4n) is 2.77. The Balaban J connectivity index is 2.38. The maximum atomic E-state index is 13.4. The number of hydrogen-bond donors (Lipinski definition) is 0. The molecule has 144 valence electrons. The van der Waals surface area contributed by atoms with Crippen molar-refractivity contribution in [2.75, 3.05) is 0 Å². The molecule has 1 heterocycles. The van der Waals surface area contributed by atoms with Crippen molar-refractivity contribution in [1.29, 1.82) is 0 Å². The Labute approximate surface area is 163 Å². The Bertz CT molecular complexity index is 1130. The molecule has 0 aliphatic carbocycles. The smallest absolute Gasteiger partial charge is 0.232 e. The Hall–Kier alpha value is -1.77. The van der Waals surface area contributed by atoms with E-state index in [1.54, 1.807) is 6.92 Å². The summed E-state index contributed by atoms with van der Waals surface area (Å²) in [6, 6.07) is 6.72. The van der Waals surface area contributed by atoms with Gasteiger partial charge in [0.15, 0.2) is 0 Å². The zero-order valence-corrected chi connectivity index (χ0v) is 16.2. The van der Waals surface area contributed by atoms with Gasteiger partial charge in [0.2, 0.25) is 0 Å². The third-order valence-corrected chi connectivity index (χ3v) is 6.43. The summed E-state index contributed by atoms with van der Waals surface area (Å²) in [6.45, 7) is 1.81. The Morgan fingerprint density at radius 2 is 1.74 bits per heavy atom. The van der Waals surface area contributed by atoms with Crippen LogP contribution in [0.2, 0.25) is 10.0 Å². The van der Waals surface area contributed by atoms with Gasteiger partial charge < -0.3 is 0 Å². The molecule has 0 spiro atoms. The second kappa shape index (κ2) is 7.00. The van der Waals surface area contributed by atoms with Crippen LogP contribution in [0.4, 0.5) is 13.2 Å². The number of hydrogen-bond acceptors (Lipinski definition) is 3. The van der Waals surface area contributed by atoms with E-state index in [0.717, 1.165) is 22.2 Å². The fraction of sp³-hybridized carbons (Fsp3) is 0.235. The standard InChI is InChI=1S/C17H13Cl2F3N2O2S/c1-2-5-16-23-13-8-11(18)12(19)9-14(13)24(16)27(25,26)15-7-4-3-6-10(15)17(20,21)22/h3-4,6-9H,2,5H2,1H3. The first kappa shape index (κ1) is 20.0. The summed E-state index contributed by atoms with van der Waals surface area (Å²) in [6.07, 6.45) is -4.04. The highest BCUT2D eigenvalue weighted by molar-refractivity contribution is 7.90. The first-order valence-corrected chi connectivity index (χ1v) is 10.0. The van der Waals surface area contributed by atoms with Crippen LogP contribution in [0, 0.1) is 0 Å². The van der Waals surface area contributed by atoms with E-state index < -0.39 is 26.7 Å². The fourth-order valence-corrected chi connectivity index (χ4v) is 4.81. The van der Waals surface area contributed by atoms with Gasteiger partial charge >= 0.3 is 6.18 Å². The highest BCUT2D eigenvalue weighted by Crippen LogP contribution is 2.37. The van der Waals surface area contributed by atoms with E-state index >= 15 is 0 Å². The summed E-state index contributed by atoms with van der Waals surface area (Å²) < 4.78 is 67.4. The Kier molecular flexibility index (Phi) is 5.18. The number of rotatable bonds is 4. The summed E-state index contributed by atoms with van der Waals surface area (Å²) in [5.74, 6) is 0.114. The van der Waals surface area contributed by atoms with Crippen molar-refractivity contribution >= 4 is 44.3 Å². The topological polar surface area (TPSA) is 52.0 Å². The second-order valence-corrected chi connectivity index (χ2v) is 8.37. The van der Waals surface area contributed by atoms with E-state index in [4.69, 9.17) is 23.2 Å². The van der Waals surface area contributed by atoms with Crippen molar-refractivity contribution in [1.82, 2.24) is 8.96 Å². The van der Waals surface area contributed by atoms with Gasteiger partial charge in [-0.3, -0.25) is 0 Å². The molecule has 4 nitrogen and oxygen atoms in total. The average molecular weight is 437 g/mol. The molecular formula is C17H13Cl2F3N2O2S. The van der Waals surface area contributed by atoms with Gasteiger partial charge in [0.05, 0.1) is 26.6 Å². The van der Waals surface area contributed by atoms with Crippen LogP contribution in [0.5, 0.6) is 0 Å². The van der Waals surface area contributed by atoms with Gasteiger partial charge in [0.1, 0.15) is 10.7 Å². The lowest BCUT2D eigenvalue weighted by Gasteiger charge is -2.15. The zero-order valence-electron chi connectivity index (χ0n) is 13.9. The molecule has 0 N–H and O–H groups in total. The van der Waals surface area contributed by atoms with E-state index in [9.17, 15) is 21.6 Å². The zero-order chi connectivity index (χ0) is 20.0. The van der Waals surface area contributed by atoms with E-state index in [2.05, 4.69) is 4.98 Å². The van der Waals surface area contributed by atoms with E-state index in [0.29, 0.717) is 6.42 Å². The SMILES string of the molecule is CCCc1nc2cc(Cl)c(Cl)cc2n1S(=O)(=O)c1ccccc1C(F)(F)F. The number of aryl methyl sites for hydroxylation is 1. The molecule has 0 radical (unpaired) electrons. The summed E-state index contributed by atoms with van der Waals surface area (Å²) in [7, 11) is -4.59. The number of aromatic nitrogens is 2. The number of fused-ring (bicyclic) bond motifs is 1. The molecule has 0 fully saturated rings. The number of alkyl halides is 3. The molecule has 0 atom stereocenters. The lowest BCUT2D eigenvalue weighted by atomic mass is 10.2. The van der Waals surface area contributed by atoms with E-state index in [-0.39, 0.29) is 33.3 Å². The lowest BCUT2D eigenvalue weighted by molar-refractivity contribution is -0.139. The summed E-state index contributed by atoms with van der Waals surface area (Å²) >= 11 is 12.0. The normalized spacial score (nSPS) is 12.7. The van der Waals surface area contributed by atoms with Gasteiger partial charge in [-0.05, 0) is 30.7 Å². The number of imidazole rings is 1. The molecule has 0 amide bonds. The van der Waals surface area contributed by atoms with Crippen molar-refractivity contribution in [3.05, 3.63) is 57.8 Å². The molecule has 3 aromatic rings. The molecule has 1 aromatic heterocycles. The van der Waals surface area contributed by atoms with Crippen molar-refractivity contribution in [3.63, 3.8) is 0 Å². The largest absolute Gasteiger partial charge is 0.417 e. The lowest BCUT2D eigenvalue weighted by Crippen LogP contribution is -2.20. The number of benzene rings is 2. The summed E-state index contributed by atoms with van der Waals surface area (Å²) in [5.41, 5.74) is -0.930. The van der Waals surface area contributed by atoms with Gasteiger partial charge in [0, 0.05) is 6.42 Å². The maximum absolute atomic E-state index is 13.4. The first-order chi connectivity index (χ1) is 12.6. The second-order valence-electron chi connectivity index (χ2n) is 5.80. The van der Waals surface area contributed by atoms with Gasteiger partial charge in [-0.25, -0.2) is 17.4 Å².